The Morgan fingerprint density at radius 2 is 1.89 bits per heavy atom. The van der Waals surface area contributed by atoms with E-state index in [1.54, 1.807) is 4.90 Å². The Bertz CT molecular complexity index is 948. The number of para-hydroxylation sites is 1. The van der Waals surface area contributed by atoms with E-state index in [-0.39, 0.29) is 18.3 Å². The number of hydrogen-bond donors (Lipinski definition) is 0. The predicted octanol–water partition coefficient (Wildman–Crippen LogP) is 5.09. The first-order chi connectivity index (χ1) is 13.0. The minimum Gasteiger partial charge on any atom is -0.492 e. The summed E-state index contributed by atoms with van der Waals surface area (Å²) in [4.78, 5) is 21.8. The summed E-state index contributed by atoms with van der Waals surface area (Å²) < 4.78 is 7.48. The average molecular weight is 485 g/mol. The van der Waals surface area contributed by atoms with Crippen molar-refractivity contribution in [3.63, 3.8) is 0 Å². The number of halogens is 2. The van der Waals surface area contributed by atoms with E-state index < -0.39 is 0 Å². The topological polar surface area (TPSA) is 45.7 Å². The third-order valence-corrected chi connectivity index (χ3v) is 5.76. The molecule has 0 bridgehead atoms. The number of fused-ring (bicyclic) bond motifs is 1. The van der Waals surface area contributed by atoms with Crippen molar-refractivity contribution in [2.24, 2.45) is 0 Å². The van der Waals surface area contributed by atoms with Crippen molar-refractivity contribution >= 4 is 60.9 Å². The van der Waals surface area contributed by atoms with Crippen LogP contribution in [0.1, 0.15) is 17.3 Å². The first kappa shape index (κ1) is 22.6. The maximum atomic E-state index is 13.3. The van der Waals surface area contributed by atoms with E-state index in [2.05, 4.69) is 20.8 Å². The van der Waals surface area contributed by atoms with Crippen LogP contribution in [0.3, 0.4) is 0 Å². The summed E-state index contributed by atoms with van der Waals surface area (Å²) >= 11 is 5.00. The number of carbonyl (C=O) groups excluding carboxylic acids is 1. The quantitative estimate of drug-likeness (QED) is 0.469. The van der Waals surface area contributed by atoms with Gasteiger partial charge in [0.2, 0.25) is 0 Å². The van der Waals surface area contributed by atoms with E-state index in [0.29, 0.717) is 23.8 Å². The van der Waals surface area contributed by atoms with Crippen molar-refractivity contribution in [1.29, 1.82) is 0 Å². The number of ether oxygens (including phenoxy) is 1. The molecule has 0 spiro atoms. The van der Waals surface area contributed by atoms with Crippen molar-refractivity contribution in [2.75, 3.05) is 38.7 Å². The van der Waals surface area contributed by atoms with Crippen molar-refractivity contribution in [3.8, 4) is 5.75 Å². The van der Waals surface area contributed by atoms with Gasteiger partial charge in [0.15, 0.2) is 5.13 Å². The number of carbonyl (C=O) groups is 1. The molecule has 150 valence electrons. The molecule has 1 aromatic heterocycles. The number of likely N-dealkylation sites (N-methyl/N-ethyl adjacent to an activating group) is 1. The van der Waals surface area contributed by atoms with Gasteiger partial charge in [0, 0.05) is 17.6 Å². The van der Waals surface area contributed by atoms with Gasteiger partial charge < -0.3 is 9.64 Å². The summed E-state index contributed by atoms with van der Waals surface area (Å²) in [5.74, 6) is 0.680. The second kappa shape index (κ2) is 10.2. The Balaban J connectivity index is 0.00000280. The van der Waals surface area contributed by atoms with Gasteiger partial charge in [-0.3, -0.25) is 9.69 Å². The molecule has 8 heteroatoms. The van der Waals surface area contributed by atoms with Crippen molar-refractivity contribution in [3.05, 3.63) is 52.5 Å². The highest BCUT2D eigenvalue weighted by atomic mass is 79.9. The third-order valence-electron chi connectivity index (χ3n) is 4.02. The van der Waals surface area contributed by atoms with Crippen LogP contribution in [0.25, 0.3) is 10.2 Å². The predicted molar refractivity (Wildman–Crippen MR) is 122 cm³/mol. The average Bonchev–Trinajstić information content (AvgIpc) is 3.07. The number of aromatic nitrogens is 1. The summed E-state index contributed by atoms with van der Waals surface area (Å²) in [6.45, 7) is 3.82. The fourth-order valence-corrected chi connectivity index (χ4v) is 4.13. The Kier molecular flexibility index (Phi) is 8.24. The second-order valence-corrected chi connectivity index (χ2v) is 8.14. The third kappa shape index (κ3) is 5.03. The lowest BCUT2D eigenvalue weighted by Crippen LogP contribution is -2.36. The number of rotatable bonds is 7. The molecular formula is C20H23BrClN3O2S. The van der Waals surface area contributed by atoms with Crippen LogP contribution < -0.4 is 9.64 Å². The van der Waals surface area contributed by atoms with Crippen LogP contribution in [-0.2, 0) is 0 Å². The normalized spacial score (nSPS) is 10.8. The Morgan fingerprint density at radius 3 is 2.57 bits per heavy atom. The molecule has 2 aromatic carbocycles. The molecule has 0 radical (unpaired) electrons. The molecule has 0 fully saturated rings. The van der Waals surface area contributed by atoms with Crippen LogP contribution in [0.5, 0.6) is 5.75 Å². The Hall–Kier alpha value is -1.67. The highest BCUT2D eigenvalue weighted by Gasteiger charge is 2.23. The van der Waals surface area contributed by atoms with Gasteiger partial charge in [0.05, 0.1) is 16.9 Å². The summed E-state index contributed by atoms with van der Waals surface area (Å²) in [6, 6.07) is 13.3. The van der Waals surface area contributed by atoms with Gasteiger partial charge in [-0.1, -0.05) is 29.5 Å². The monoisotopic (exact) mass is 483 g/mol. The van der Waals surface area contributed by atoms with Crippen LogP contribution in [0.4, 0.5) is 5.13 Å². The molecule has 3 aromatic rings. The van der Waals surface area contributed by atoms with Gasteiger partial charge in [-0.05, 0) is 61.2 Å². The molecule has 0 unspecified atom stereocenters. The maximum absolute atomic E-state index is 13.3. The SMILES string of the molecule is CCOc1cccc2sc(N(CCN(C)C)C(=O)c3ccccc3Br)nc12.Cl. The van der Waals surface area contributed by atoms with E-state index in [1.807, 2.05) is 63.5 Å². The van der Waals surface area contributed by atoms with Gasteiger partial charge in [0.25, 0.3) is 5.91 Å². The van der Waals surface area contributed by atoms with Gasteiger partial charge in [0.1, 0.15) is 11.3 Å². The smallest absolute Gasteiger partial charge is 0.261 e. The van der Waals surface area contributed by atoms with Crippen molar-refractivity contribution in [2.45, 2.75) is 6.92 Å². The summed E-state index contributed by atoms with van der Waals surface area (Å²) in [5, 5.41) is 0.680. The molecule has 0 aliphatic carbocycles. The number of nitrogens with zero attached hydrogens (tertiary/aromatic N) is 3. The summed E-state index contributed by atoms with van der Waals surface area (Å²) in [6.07, 6.45) is 0. The van der Waals surface area contributed by atoms with Crippen LogP contribution in [0.2, 0.25) is 0 Å². The molecule has 3 rings (SSSR count). The molecule has 0 atom stereocenters. The fourth-order valence-electron chi connectivity index (χ4n) is 2.66. The van der Waals surface area contributed by atoms with E-state index in [1.165, 1.54) is 11.3 Å². The molecule has 0 N–H and O–H groups in total. The Labute approximate surface area is 183 Å². The number of benzene rings is 2. The molecule has 1 heterocycles. The lowest BCUT2D eigenvalue weighted by molar-refractivity contribution is 0.0984. The number of amides is 1. The van der Waals surface area contributed by atoms with E-state index in [0.717, 1.165) is 27.0 Å². The molecule has 0 aliphatic heterocycles. The van der Waals surface area contributed by atoms with Crippen molar-refractivity contribution in [1.82, 2.24) is 9.88 Å². The number of anilines is 1. The summed E-state index contributed by atoms with van der Waals surface area (Å²) in [5.41, 5.74) is 1.43. The van der Waals surface area contributed by atoms with Crippen LogP contribution in [-0.4, -0.2) is 49.6 Å². The van der Waals surface area contributed by atoms with Crippen LogP contribution in [0, 0.1) is 0 Å². The molecule has 0 aliphatic rings. The number of thiazole rings is 1. The molecule has 5 nitrogen and oxygen atoms in total. The molecule has 1 amide bonds. The highest BCUT2D eigenvalue weighted by Crippen LogP contribution is 2.35. The van der Waals surface area contributed by atoms with Crippen LogP contribution in [0.15, 0.2) is 46.9 Å². The van der Waals surface area contributed by atoms with E-state index >= 15 is 0 Å². The van der Waals surface area contributed by atoms with Gasteiger partial charge >= 0.3 is 0 Å². The lowest BCUT2D eigenvalue weighted by atomic mass is 10.2. The van der Waals surface area contributed by atoms with Gasteiger partial charge in [-0.15, -0.1) is 12.4 Å². The van der Waals surface area contributed by atoms with Gasteiger partial charge in [-0.2, -0.15) is 0 Å². The minimum absolute atomic E-state index is 0. The van der Waals surface area contributed by atoms with Crippen LogP contribution >= 0.6 is 39.7 Å². The first-order valence-electron chi connectivity index (χ1n) is 8.74. The zero-order valence-electron chi connectivity index (χ0n) is 16.0. The zero-order chi connectivity index (χ0) is 19.4. The second-order valence-electron chi connectivity index (χ2n) is 6.27. The zero-order valence-corrected chi connectivity index (χ0v) is 19.2. The van der Waals surface area contributed by atoms with Gasteiger partial charge in [-0.25, -0.2) is 4.98 Å². The van der Waals surface area contributed by atoms with Crippen molar-refractivity contribution < 1.29 is 9.53 Å². The molecule has 28 heavy (non-hydrogen) atoms. The fraction of sp³-hybridized carbons (Fsp3) is 0.300. The maximum Gasteiger partial charge on any atom is 0.261 e. The molecule has 0 saturated carbocycles. The summed E-state index contributed by atoms with van der Waals surface area (Å²) in [7, 11) is 3.99. The van der Waals surface area contributed by atoms with E-state index in [9.17, 15) is 4.79 Å². The highest BCUT2D eigenvalue weighted by molar-refractivity contribution is 9.10. The standard InChI is InChI=1S/C20H22BrN3O2S.ClH/c1-4-26-16-10-7-11-17-18(16)22-20(27-17)24(13-12-23(2)3)19(25)14-8-5-6-9-15(14)21;/h5-11H,4,12-13H2,1-3H3;1H. The minimum atomic E-state index is -0.0682. The Morgan fingerprint density at radius 1 is 1.14 bits per heavy atom. The number of hydrogen-bond acceptors (Lipinski definition) is 5. The molecule has 0 saturated heterocycles. The first-order valence-corrected chi connectivity index (χ1v) is 10.4. The molecular weight excluding hydrogens is 462 g/mol. The van der Waals surface area contributed by atoms with E-state index in [4.69, 9.17) is 9.72 Å². The largest absolute Gasteiger partial charge is 0.492 e. The lowest BCUT2D eigenvalue weighted by Gasteiger charge is -2.22.